The molecule has 26 heavy (non-hydrogen) atoms. The predicted octanol–water partition coefficient (Wildman–Crippen LogP) is 0.976. The number of carbonyl (C=O) groups is 2. The molecule has 1 aliphatic carbocycles. The van der Waals surface area contributed by atoms with Gasteiger partial charge in [-0.2, -0.15) is 5.26 Å². The molecule has 4 rings (SSSR count). The van der Waals surface area contributed by atoms with Gasteiger partial charge in [0.15, 0.2) is 11.7 Å². The van der Waals surface area contributed by atoms with Crippen LogP contribution in [0.1, 0.15) is 36.2 Å². The van der Waals surface area contributed by atoms with E-state index in [4.69, 9.17) is 9.41 Å². The highest BCUT2D eigenvalue weighted by Crippen LogP contribution is 2.41. The summed E-state index contributed by atoms with van der Waals surface area (Å²) in [4.78, 5) is 33.4. The van der Waals surface area contributed by atoms with E-state index in [1.165, 1.54) is 6.26 Å². The Morgan fingerprint density at radius 2 is 2.04 bits per heavy atom. The van der Waals surface area contributed by atoms with Crippen molar-refractivity contribution in [3.63, 3.8) is 0 Å². The van der Waals surface area contributed by atoms with Crippen LogP contribution in [0.4, 0.5) is 0 Å². The molecule has 0 unspecified atom stereocenters. The predicted molar refractivity (Wildman–Crippen MR) is 92.1 cm³/mol. The molecule has 8 heteroatoms. The molecule has 2 fully saturated rings. The minimum Gasteiger partial charge on any atom is -0.459 e. The van der Waals surface area contributed by atoms with E-state index in [9.17, 15) is 14.9 Å². The number of carbonyl (C=O) groups excluding carboxylic acids is 2. The van der Waals surface area contributed by atoms with E-state index in [0.717, 1.165) is 25.7 Å². The summed E-state index contributed by atoms with van der Waals surface area (Å²) in [6.45, 7) is 2.23. The van der Waals surface area contributed by atoms with Gasteiger partial charge in [0.25, 0.3) is 5.91 Å². The van der Waals surface area contributed by atoms with Crippen LogP contribution in [0.5, 0.6) is 0 Å². The standard InChI is InChI=1S/C18H21N5O3/c19-12-13-15(24)20-17(21-18(13)5-1-2-6-18)23-9-7-22(8-10-23)16(25)14-4-3-11-26-14/h3-4,11,13H,1-2,5-10H2,(H,20,21,24)/t13-/m1/s1. The number of furan rings is 1. The van der Waals surface area contributed by atoms with Gasteiger partial charge in [-0.25, -0.2) is 4.99 Å². The fraction of sp³-hybridized carbons (Fsp3) is 0.556. The number of hydrogen-bond donors (Lipinski definition) is 1. The van der Waals surface area contributed by atoms with Gasteiger partial charge in [-0.3, -0.25) is 14.9 Å². The van der Waals surface area contributed by atoms with E-state index < -0.39 is 11.5 Å². The third-order valence-corrected chi connectivity index (χ3v) is 5.56. The number of guanidine groups is 1. The highest BCUT2D eigenvalue weighted by atomic mass is 16.3. The van der Waals surface area contributed by atoms with Gasteiger partial charge < -0.3 is 14.2 Å². The lowest BCUT2D eigenvalue weighted by atomic mass is 9.82. The van der Waals surface area contributed by atoms with Crippen LogP contribution in [-0.4, -0.2) is 59.3 Å². The second kappa shape index (κ2) is 6.48. The minimum atomic E-state index is -0.712. The molecule has 2 aliphatic heterocycles. The Labute approximate surface area is 151 Å². The van der Waals surface area contributed by atoms with Crippen molar-refractivity contribution in [2.45, 2.75) is 31.2 Å². The lowest BCUT2D eigenvalue weighted by Crippen LogP contribution is -2.60. The first-order valence-corrected chi connectivity index (χ1v) is 9.01. The van der Waals surface area contributed by atoms with Crippen molar-refractivity contribution in [2.24, 2.45) is 10.9 Å². The molecule has 1 atom stereocenters. The topological polar surface area (TPSA) is 102 Å². The number of nitrogens with one attached hydrogen (secondary N) is 1. The fourth-order valence-corrected chi connectivity index (χ4v) is 4.12. The molecule has 1 aromatic heterocycles. The fourth-order valence-electron chi connectivity index (χ4n) is 4.12. The Balaban J connectivity index is 1.47. The quantitative estimate of drug-likeness (QED) is 0.809. The summed E-state index contributed by atoms with van der Waals surface area (Å²) in [7, 11) is 0. The number of piperazine rings is 1. The van der Waals surface area contributed by atoms with Crippen LogP contribution in [0.15, 0.2) is 27.8 Å². The van der Waals surface area contributed by atoms with Gasteiger partial charge in [0, 0.05) is 26.2 Å². The van der Waals surface area contributed by atoms with Crippen LogP contribution in [-0.2, 0) is 4.79 Å². The van der Waals surface area contributed by atoms with Crippen molar-refractivity contribution < 1.29 is 14.0 Å². The zero-order chi connectivity index (χ0) is 18.1. The van der Waals surface area contributed by atoms with Gasteiger partial charge in [-0.1, -0.05) is 12.8 Å². The van der Waals surface area contributed by atoms with Gasteiger partial charge >= 0.3 is 0 Å². The summed E-state index contributed by atoms with van der Waals surface area (Å²) in [5.41, 5.74) is -0.576. The Morgan fingerprint density at radius 3 is 2.65 bits per heavy atom. The average Bonchev–Trinajstić information content (AvgIpc) is 3.34. The van der Waals surface area contributed by atoms with Crippen LogP contribution in [0, 0.1) is 17.2 Å². The number of amides is 2. The van der Waals surface area contributed by atoms with Crippen molar-refractivity contribution in [3.05, 3.63) is 24.2 Å². The molecule has 136 valence electrons. The number of nitrogens with zero attached hydrogens (tertiary/aromatic N) is 4. The van der Waals surface area contributed by atoms with Crippen molar-refractivity contribution in [1.29, 1.82) is 5.26 Å². The summed E-state index contributed by atoms with van der Waals surface area (Å²) in [6, 6.07) is 5.50. The minimum absolute atomic E-state index is 0.124. The maximum atomic E-state index is 12.4. The molecule has 0 bridgehead atoms. The zero-order valence-corrected chi connectivity index (χ0v) is 14.5. The maximum Gasteiger partial charge on any atom is 0.289 e. The van der Waals surface area contributed by atoms with Crippen LogP contribution < -0.4 is 5.32 Å². The second-order valence-corrected chi connectivity index (χ2v) is 7.05. The van der Waals surface area contributed by atoms with Gasteiger partial charge in [-0.15, -0.1) is 0 Å². The third kappa shape index (κ3) is 2.73. The molecule has 3 aliphatic rings. The summed E-state index contributed by atoms with van der Waals surface area (Å²) in [6.07, 6.45) is 5.03. The first-order valence-electron chi connectivity index (χ1n) is 9.01. The van der Waals surface area contributed by atoms with E-state index in [2.05, 4.69) is 11.4 Å². The SMILES string of the molecule is N#C[C@@H]1C(=O)NC(N2CCN(C(=O)c3ccco3)CC2)=NC12CCCC2. The highest BCUT2D eigenvalue weighted by molar-refractivity contribution is 6.02. The van der Waals surface area contributed by atoms with E-state index in [0.29, 0.717) is 37.9 Å². The largest absolute Gasteiger partial charge is 0.459 e. The van der Waals surface area contributed by atoms with Gasteiger partial charge in [0.1, 0.15) is 0 Å². The van der Waals surface area contributed by atoms with Crippen LogP contribution in [0.2, 0.25) is 0 Å². The van der Waals surface area contributed by atoms with Gasteiger partial charge in [0.05, 0.1) is 17.9 Å². The van der Waals surface area contributed by atoms with Crippen molar-refractivity contribution in [2.75, 3.05) is 26.2 Å². The van der Waals surface area contributed by atoms with Crippen molar-refractivity contribution in [3.8, 4) is 6.07 Å². The van der Waals surface area contributed by atoms with E-state index in [-0.39, 0.29) is 11.8 Å². The molecule has 1 saturated carbocycles. The molecule has 1 N–H and O–H groups in total. The normalized spacial score (nSPS) is 25.0. The lowest BCUT2D eigenvalue weighted by Gasteiger charge is -2.40. The Bertz CT molecular complexity index is 765. The summed E-state index contributed by atoms with van der Waals surface area (Å²) in [5, 5.41) is 12.2. The smallest absolute Gasteiger partial charge is 0.289 e. The molecule has 0 radical (unpaired) electrons. The van der Waals surface area contributed by atoms with Gasteiger partial charge in [0.2, 0.25) is 11.9 Å². The van der Waals surface area contributed by atoms with Crippen molar-refractivity contribution in [1.82, 2.24) is 15.1 Å². The van der Waals surface area contributed by atoms with E-state index in [1.807, 2.05) is 4.90 Å². The monoisotopic (exact) mass is 355 g/mol. The number of nitriles is 1. The molecule has 0 aromatic carbocycles. The Hall–Kier alpha value is -2.82. The summed E-state index contributed by atoms with van der Waals surface area (Å²) >= 11 is 0. The summed E-state index contributed by atoms with van der Waals surface area (Å²) < 4.78 is 5.18. The first-order chi connectivity index (χ1) is 12.6. The molecular weight excluding hydrogens is 334 g/mol. The number of rotatable bonds is 1. The van der Waals surface area contributed by atoms with Gasteiger partial charge in [-0.05, 0) is 25.0 Å². The zero-order valence-electron chi connectivity index (χ0n) is 14.5. The van der Waals surface area contributed by atoms with E-state index >= 15 is 0 Å². The molecule has 3 heterocycles. The Morgan fingerprint density at radius 1 is 1.31 bits per heavy atom. The maximum absolute atomic E-state index is 12.4. The molecule has 8 nitrogen and oxygen atoms in total. The third-order valence-electron chi connectivity index (χ3n) is 5.56. The molecular formula is C18H21N5O3. The molecule has 1 spiro atoms. The second-order valence-electron chi connectivity index (χ2n) is 7.05. The Kier molecular flexibility index (Phi) is 4.15. The summed E-state index contributed by atoms with van der Waals surface area (Å²) in [5.74, 6) is -0.206. The van der Waals surface area contributed by atoms with Crippen LogP contribution in [0.25, 0.3) is 0 Å². The molecule has 1 saturated heterocycles. The lowest BCUT2D eigenvalue weighted by molar-refractivity contribution is -0.124. The van der Waals surface area contributed by atoms with Crippen LogP contribution >= 0.6 is 0 Å². The molecule has 2 amide bonds. The van der Waals surface area contributed by atoms with E-state index in [1.54, 1.807) is 17.0 Å². The average molecular weight is 355 g/mol. The number of hydrogen-bond acceptors (Lipinski definition) is 6. The molecule has 1 aromatic rings. The first kappa shape index (κ1) is 16.6. The van der Waals surface area contributed by atoms with Crippen LogP contribution in [0.3, 0.4) is 0 Å². The number of aliphatic imine (C=N–C) groups is 1. The van der Waals surface area contributed by atoms with Crippen molar-refractivity contribution >= 4 is 17.8 Å². The highest BCUT2D eigenvalue weighted by Gasteiger charge is 2.49.